The highest BCUT2D eigenvalue weighted by Gasteiger charge is 2.39. The largest absolute Gasteiger partial charge is 0.307 e. The highest BCUT2D eigenvalue weighted by molar-refractivity contribution is 6.16. The Morgan fingerprint density at radius 3 is 3.05 bits per heavy atom. The van der Waals surface area contributed by atoms with Crippen LogP contribution in [0.25, 0.3) is 11.2 Å². The molecule has 4 heterocycles. The van der Waals surface area contributed by atoms with Crippen LogP contribution in [0.1, 0.15) is 36.7 Å². The van der Waals surface area contributed by atoms with Crippen molar-refractivity contribution in [2.24, 2.45) is 0 Å². The summed E-state index contributed by atoms with van der Waals surface area (Å²) in [5.41, 5.74) is 3.14. The first kappa shape index (κ1) is 12.6. The van der Waals surface area contributed by atoms with E-state index in [0.717, 1.165) is 22.6 Å². The molecular formula is C15H19ClN4. The Morgan fingerprint density at radius 1 is 1.30 bits per heavy atom. The molecule has 0 N–H and O–H groups in total. The molecule has 4 rings (SSSR count). The van der Waals surface area contributed by atoms with Gasteiger partial charge in [0.25, 0.3) is 0 Å². The van der Waals surface area contributed by atoms with Crippen LogP contribution in [0.2, 0.25) is 0 Å². The summed E-state index contributed by atoms with van der Waals surface area (Å²) in [6.45, 7) is 4.50. The maximum Gasteiger partial charge on any atom is 0.160 e. The van der Waals surface area contributed by atoms with E-state index in [1.54, 1.807) is 0 Å². The summed E-state index contributed by atoms with van der Waals surface area (Å²) in [6.07, 6.45) is 5.73. The summed E-state index contributed by atoms with van der Waals surface area (Å²) in [6, 6.07) is 3.25. The summed E-state index contributed by atoms with van der Waals surface area (Å²) in [5, 5.41) is 0. The first-order chi connectivity index (χ1) is 9.78. The van der Waals surface area contributed by atoms with E-state index in [4.69, 9.17) is 16.6 Å². The Labute approximate surface area is 123 Å². The van der Waals surface area contributed by atoms with Gasteiger partial charge in [-0.1, -0.05) is 0 Å². The number of aromatic nitrogens is 3. The number of aryl methyl sites for hydroxylation is 1. The second-order valence-electron chi connectivity index (χ2n) is 5.99. The molecular weight excluding hydrogens is 272 g/mol. The molecule has 2 unspecified atom stereocenters. The SMILES string of the molecule is Cc1cnc2c(c1)nc(CCl)n2C1CCN2CCCC12. The van der Waals surface area contributed by atoms with Crippen molar-refractivity contribution in [2.45, 2.75) is 44.1 Å². The Balaban J connectivity index is 1.85. The van der Waals surface area contributed by atoms with Crippen LogP contribution in [0.5, 0.6) is 0 Å². The molecule has 0 aliphatic carbocycles. The maximum atomic E-state index is 6.14. The summed E-state index contributed by atoms with van der Waals surface area (Å²) in [7, 11) is 0. The van der Waals surface area contributed by atoms with Gasteiger partial charge in [-0.2, -0.15) is 0 Å². The minimum Gasteiger partial charge on any atom is -0.307 e. The maximum absolute atomic E-state index is 6.14. The molecule has 0 radical (unpaired) electrons. The third-order valence-corrected chi connectivity index (χ3v) is 5.00. The smallest absolute Gasteiger partial charge is 0.160 e. The van der Waals surface area contributed by atoms with Gasteiger partial charge in [0.05, 0.1) is 11.9 Å². The van der Waals surface area contributed by atoms with Crippen LogP contribution in [0.3, 0.4) is 0 Å². The van der Waals surface area contributed by atoms with E-state index in [1.165, 1.54) is 32.4 Å². The molecule has 0 saturated carbocycles. The molecule has 2 aliphatic heterocycles. The van der Waals surface area contributed by atoms with Crippen LogP contribution >= 0.6 is 11.6 Å². The number of hydrogen-bond acceptors (Lipinski definition) is 3. The van der Waals surface area contributed by atoms with Gasteiger partial charge in [-0.3, -0.25) is 4.90 Å². The fourth-order valence-corrected chi connectivity index (χ4v) is 4.12. The van der Waals surface area contributed by atoms with Gasteiger partial charge in [-0.05, 0) is 44.4 Å². The fraction of sp³-hybridized carbons (Fsp3) is 0.600. The lowest BCUT2D eigenvalue weighted by Gasteiger charge is -2.23. The molecule has 4 nitrogen and oxygen atoms in total. The number of hydrogen-bond donors (Lipinski definition) is 0. The lowest BCUT2D eigenvalue weighted by Crippen LogP contribution is -2.28. The van der Waals surface area contributed by atoms with Crippen LogP contribution in [0, 0.1) is 6.92 Å². The van der Waals surface area contributed by atoms with Crippen molar-refractivity contribution in [3.63, 3.8) is 0 Å². The van der Waals surface area contributed by atoms with Crippen molar-refractivity contribution in [2.75, 3.05) is 13.1 Å². The second kappa shape index (κ2) is 4.71. The van der Waals surface area contributed by atoms with Gasteiger partial charge in [-0.25, -0.2) is 9.97 Å². The van der Waals surface area contributed by atoms with E-state index in [1.807, 2.05) is 6.20 Å². The summed E-state index contributed by atoms with van der Waals surface area (Å²) < 4.78 is 2.32. The Kier molecular flexibility index (Phi) is 2.97. The summed E-state index contributed by atoms with van der Waals surface area (Å²) >= 11 is 6.14. The zero-order valence-corrected chi connectivity index (χ0v) is 12.5. The van der Waals surface area contributed by atoms with Crippen molar-refractivity contribution < 1.29 is 0 Å². The number of nitrogens with zero attached hydrogens (tertiary/aromatic N) is 4. The fourth-order valence-electron chi connectivity index (χ4n) is 3.93. The van der Waals surface area contributed by atoms with Crippen molar-refractivity contribution in [1.29, 1.82) is 0 Å². The first-order valence-corrected chi connectivity index (χ1v) is 7.95. The van der Waals surface area contributed by atoms with Crippen LogP contribution in [0.4, 0.5) is 0 Å². The molecule has 106 valence electrons. The number of alkyl halides is 1. The monoisotopic (exact) mass is 290 g/mol. The zero-order chi connectivity index (χ0) is 13.7. The molecule has 2 atom stereocenters. The normalized spacial score (nSPS) is 26.5. The van der Waals surface area contributed by atoms with E-state index >= 15 is 0 Å². The van der Waals surface area contributed by atoms with Gasteiger partial charge in [0.2, 0.25) is 0 Å². The average molecular weight is 291 g/mol. The van der Waals surface area contributed by atoms with Crippen molar-refractivity contribution in [3.05, 3.63) is 23.7 Å². The van der Waals surface area contributed by atoms with E-state index in [2.05, 4.69) is 27.4 Å². The molecule has 20 heavy (non-hydrogen) atoms. The molecule has 5 heteroatoms. The number of rotatable bonds is 2. The minimum absolute atomic E-state index is 0.457. The molecule has 0 aromatic carbocycles. The summed E-state index contributed by atoms with van der Waals surface area (Å²) in [4.78, 5) is 11.9. The molecule has 0 spiro atoms. The average Bonchev–Trinajstić information content (AvgIpc) is 3.10. The van der Waals surface area contributed by atoms with Crippen LogP contribution in [-0.4, -0.2) is 38.6 Å². The van der Waals surface area contributed by atoms with Gasteiger partial charge in [-0.15, -0.1) is 11.6 Å². The topological polar surface area (TPSA) is 34.0 Å². The van der Waals surface area contributed by atoms with Gasteiger partial charge < -0.3 is 4.57 Å². The molecule has 0 bridgehead atoms. The molecule has 2 saturated heterocycles. The second-order valence-corrected chi connectivity index (χ2v) is 6.26. The lowest BCUT2D eigenvalue weighted by atomic mass is 10.1. The third-order valence-electron chi connectivity index (χ3n) is 4.76. The van der Waals surface area contributed by atoms with Gasteiger partial charge in [0.1, 0.15) is 11.3 Å². The third kappa shape index (κ3) is 1.78. The number of pyridine rings is 1. The molecule has 0 amide bonds. The van der Waals surface area contributed by atoms with Crippen LogP contribution < -0.4 is 0 Å². The number of imidazole rings is 1. The number of fused-ring (bicyclic) bond motifs is 2. The van der Waals surface area contributed by atoms with Gasteiger partial charge in [0.15, 0.2) is 5.65 Å². The van der Waals surface area contributed by atoms with Crippen molar-refractivity contribution in [3.8, 4) is 0 Å². The first-order valence-electron chi connectivity index (χ1n) is 7.41. The molecule has 2 fully saturated rings. The Bertz CT molecular complexity index is 651. The Hall–Kier alpha value is -1.13. The van der Waals surface area contributed by atoms with E-state index in [-0.39, 0.29) is 0 Å². The quantitative estimate of drug-likeness (QED) is 0.798. The number of halogens is 1. The highest BCUT2D eigenvalue weighted by atomic mass is 35.5. The van der Waals surface area contributed by atoms with E-state index in [9.17, 15) is 0 Å². The standard InChI is InChI=1S/C15H19ClN4/c1-10-7-11-15(17-9-10)20(14(8-16)18-11)13-4-6-19-5-2-3-12(13)19/h7,9,12-13H,2-6,8H2,1H3. The molecule has 2 aliphatic rings. The summed E-state index contributed by atoms with van der Waals surface area (Å²) in [5.74, 6) is 1.43. The predicted molar refractivity (Wildman–Crippen MR) is 80.1 cm³/mol. The Morgan fingerprint density at radius 2 is 2.20 bits per heavy atom. The van der Waals surface area contributed by atoms with Crippen LogP contribution in [0.15, 0.2) is 12.3 Å². The zero-order valence-electron chi connectivity index (χ0n) is 11.7. The van der Waals surface area contributed by atoms with Crippen LogP contribution in [-0.2, 0) is 5.88 Å². The lowest BCUT2D eigenvalue weighted by molar-refractivity contribution is 0.290. The van der Waals surface area contributed by atoms with Crippen molar-refractivity contribution in [1.82, 2.24) is 19.4 Å². The molecule has 2 aromatic rings. The van der Waals surface area contributed by atoms with Gasteiger partial charge in [0, 0.05) is 18.8 Å². The predicted octanol–water partition coefficient (Wildman–Crippen LogP) is 2.89. The highest BCUT2D eigenvalue weighted by Crippen LogP contribution is 2.38. The molecule has 2 aromatic heterocycles. The van der Waals surface area contributed by atoms with E-state index in [0.29, 0.717) is 18.0 Å². The van der Waals surface area contributed by atoms with Gasteiger partial charge >= 0.3 is 0 Å². The van der Waals surface area contributed by atoms with Crippen molar-refractivity contribution >= 4 is 22.8 Å². The minimum atomic E-state index is 0.457. The van der Waals surface area contributed by atoms with E-state index < -0.39 is 0 Å².